The van der Waals surface area contributed by atoms with Crippen LogP contribution in [0.1, 0.15) is 19.8 Å². The first kappa shape index (κ1) is 14.2. The Labute approximate surface area is 118 Å². The van der Waals surface area contributed by atoms with Gasteiger partial charge in [0.25, 0.3) is 0 Å². The monoisotopic (exact) mass is 282 g/mol. The van der Waals surface area contributed by atoms with Gasteiger partial charge in [-0.1, -0.05) is 0 Å². The highest BCUT2D eigenvalue weighted by atomic mass is 32.2. The molecule has 6 nitrogen and oxygen atoms in total. The number of hydrogen-bond acceptors (Lipinski definition) is 7. The van der Waals surface area contributed by atoms with Crippen molar-refractivity contribution in [2.75, 3.05) is 48.5 Å². The molecule has 1 aliphatic rings. The van der Waals surface area contributed by atoms with Crippen molar-refractivity contribution in [1.82, 2.24) is 15.0 Å². The molecule has 0 aliphatic carbocycles. The number of anilines is 3. The Hall–Kier alpha value is -1.24. The number of nitrogens with one attached hydrogen (secondary N) is 2. The average molecular weight is 282 g/mol. The predicted molar refractivity (Wildman–Crippen MR) is 82.3 cm³/mol. The fraction of sp³-hybridized carbons (Fsp3) is 0.750. The smallest absolute Gasteiger partial charge is 0.231 e. The van der Waals surface area contributed by atoms with E-state index in [1.807, 2.05) is 37.7 Å². The molecule has 1 fully saturated rings. The van der Waals surface area contributed by atoms with Gasteiger partial charge in [-0.25, -0.2) is 0 Å². The lowest BCUT2D eigenvalue weighted by Gasteiger charge is -2.15. The minimum Gasteiger partial charge on any atom is -0.354 e. The Morgan fingerprint density at radius 3 is 2.53 bits per heavy atom. The summed E-state index contributed by atoms with van der Waals surface area (Å²) in [6, 6.07) is 0. The Kier molecular flexibility index (Phi) is 5.07. The first-order chi connectivity index (χ1) is 9.19. The number of thioether (sulfide) groups is 1. The van der Waals surface area contributed by atoms with Gasteiger partial charge in [-0.15, -0.1) is 0 Å². The molecule has 1 unspecified atom stereocenters. The molecule has 0 amide bonds. The van der Waals surface area contributed by atoms with Gasteiger partial charge in [0.1, 0.15) is 0 Å². The standard InChI is InChI=1S/C12H22N6S/c1-4-13-10-15-11(17-12(16-10)18(2)3)14-8-9-6-5-7-19-9/h9H,4-8H2,1-3H3,(H2,13,14,15,16,17). The van der Waals surface area contributed by atoms with Crippen LogP contribution in [-0.2, 0) is 0 Å². The van der Waals surface area contributed by atoms with Crippen molar-refractivity contribution in [3.8, 4) is 0 Å². The van der Waals surface area contributed by atoms with Crippen molar-refractivity contribution in [3.63, 3.8) is 0 Å². The van der Waals surface area contributed by atoms with Gasteiger partial charge in [0, 0.05) is 32.4 Å². The molecule has 2 N–H and O–H groups in total. The van der Waals surface area contributed by atoms with E-state index in [1.165, 1.54) is 18.6 Å². The first-order valence-corrected chi connectivity index (χ1v) is 7.76. The molecule has 7 heteroatoms. The van der Waals surface area contributed by atoms with Crippen molar-refractivity contribution >= 4 is 29.6 Å². The fourth-order valence-electron chi connectivity index (χ4n) is 1.89. The van der Waals surface area contributed by atoms with E-state index in [-0.39, 0.29) is 0 Å². The van der Waals surface area contributed by atoms with E-state index in [0.717, 1.165) is 13.1 Å². The van der Waals surface area contributed by atoms with Gasteiger partial charge in [-0.05, 0) is 25.5 Å². The minimum absolute atomic E-state index is 0.628. The molecule has 1 aromatic rings. The maximum absolute atomic E-state index is 4.42. The van der Waals surface area contributed by atoms with Crippen LogP contribution in [-0.4, -0.2) is 53.1 Å². The van der Waals surface area contributed by atoms with E-state index in [4.69, 9.17) is 0 Å². The summed E-state index contributed by atoms with van der Waals surface area (Å²) in [5.74, 6) is 3.23. The molecule has 0 aromatic carbocycles. The summed E-state index contributed by atoms with van der Waals surface area (Å²) in [6.07, 6.45) is 2.60. The Morgan fingerprint density at radius 2 is 1.95 bits per heavy atom. The zero-order valence-electron chi connectivity index (χ0n) is 11.8. The van der Waals surface area contributed by atoms with Gasteiger partial charge in [-0.3, -0.25) is 0 Å². The third kappa shape index (κ3) is 4.12. The number of hydrogen-bond donors (Lipinski definition) is 2. The summed E-state index contributed by atoms with van der Waals surface area (Å²) >= 11 is 2.03. The minimum atomic E-state index is 0.628. The predicted octanol–water partition coefficient (Wildman–Crippen LogP) is 1.68. The zero-order valence-corrected chi connectivity index (χ0v) is 12.6. The van der Waals surface area contributed by atoms with Crippen LogP contribution < -0.4 is 15.5 Å². The maximum atomic E-state index is 4.42. The van der Waals surface area contributed by atoms with Gasteiger partial charge < -0.3 is 15.5 Å². The highest BCUT2D eigenvalue weighted by Crippen LogP contribution is 2.26. The molecule has 1 atom stereocenters. The number of aromatic nitrogens is 3. The molecular weight excluding hydrogens is 260 g/mol. The van der Waals surface area contributed by atoms with E-state index in [1.54, 1.807) is 0 Å². The molecule has 106 valence electrons. The fourth-order valence-corrected chi connectivity index (χ4v) is 3.09. The molecule has 0 spiro atoms. The van der Waals surface area contributed by atoms with Crippen molar-refractivity contribution < 1.29 is 0 Å². The van der Waals surface area contributed by atoms with E-state index in [2.05, 4.69) is 25.6 Å². The highest BCUT2D eigenvalue weighted by Gasteiger charge is 2.16. The average Bonchev–Trinajstić information content (AvgIpc) is 2.89. The molecule has 0 radical (unpaired) electrons. The SMILES string of the molecule is CCNc1nc(NCC2CCCS2)nc(N(C)C)n1. The molecule has 2 rings (SSSR count). The summed E-state index contributed by atoms with van der Waals surface area (Å²) in [4.78, 5) is 15.0. The lowest BCUT2D eigenvalue weighted by Crippen LogP contribution is -2.19. The summed E-state index contributed by atoms with van der Waals surface area (Å²) in [6.45, 7) is 3.75. The molecule has 0 saturated carbocycles. The van der Waals surface area contributed by atoms with Crippen LogP contribution >= 0.6 is 11.8 Å². The Balaban J connectivity index is 2.04. The molecule has 19 heavy (non-hydrogen) atoms. The van der Waals surface area contributed by atoms with Crippen molar-refractivity contribution in [2.45, 2.75) is 25.0 Å². The van der Waals surface area contributed by atoms with Crippen LogP contribution in [0, 0.1) is 0 Å². The number of nitrogens with zero attached hydrogens (tertiary/aromatic N) is 4. The third-order valence-electron chi connectivity index (χ3n) is 2.87. The maximum Gasteiger partial charge on any atom is 0.231 e. The molecule has 1 aliphatic heterocycles. The molecule has 1 saturated heterocycles. The van der Waals surface area contributed by atoms with Gasteiger partial charge in [0.2, 0.25) is 17.8 Å². The quantitative estimate of drug-likeness (QED) is 0.823. The van der Waals surface area contributed by atoms with Crippen LogP contribution in [0.3, 0.4) is 0 Å². The van der Waals surface area contributed by atoms with Gasteiger partial charge >= 0.3 is 0 Å². The second-order valence-corrected chi connectivity index (χ2v) is 6.13. The largest absolute Gasteiger partial charge is 0.354 e. The lowest BCUT2D eigenvalue weighted by atomic mass is 10.2. The Bertz CT molecular complexity index is 405. The lowest BCUT2D eigenvalue weighted by molar-refractivity contribution is 0.798. The molecular formula is C12H22N6S. The second kappa shape index (κ2) is 6.79. The first-order valence-electron chi connectivity index (χ1n) is 6.71. The van der Waals surface area contributed by atoms with E-state index >= 15 is 0 Å². The summed E-state index contributed by atoms with van der Waals surface area (Å²) < 4.78 is 0. The highest BCUT2D eigenvalue weighted by molar-refractivity contribution is 8.00. The molecule has 2 heterocycles. The van der Waals surface area contributed by atoms with Crippen LogP contribution in [0.15, 0.2) is 0 Å². The van der Waals surface area contributed by atoms with Crippen LogP contribution in [0.4, 0.5) is 17.8 Å². The molecule has 1 aromatic heterocycles. The van der Waals surface area contributed by atoms with Crippen molar-refractivity contribution in [2.24, 2.45) is 0 Å². The van der Waals surface area contributed by atoms with E-state index < -0.39 is 0 Å². The van der Waals surface area contributed by atoms with Crippen LogP contribution in [0.2, 0.25) is 0 Å². The zero-order chi connectivity index (χ0) is 13.7. The Morgan fingerprint density at radius 1 is 1.21 bits per heavy atom. The topological polar surface area (TPSA) is 66.0 Å². The summed E-state index contributed by atoms with van der Waals surface area (Å²) in [5, 5.41) is 7.15. The molecule has 0 bridgehead atoms. The summed E-state index contributed by atoms with van der Waals surface area (Å²) in [5.41, 5.74) is 0. The van der Waals surface area contributed by atoms with E-state index in [9.17, 15) is 0 Å². The number of rotatable bonds is 6. The van der Waals surface area contributed by atoms with Crippen molar-refractivity contribution in [3.05, 3.63) is 0 Å². The van der Waals surface area contributed by atoms with Gasteiger partial charge in [0.15, 0.2) is 0 Å². The van der Waals surface area contributed by atoms with Gasteiger partial charge in [-0.2, -0.15) is 26.7 Å². The second-order valence-electron chi connectivity index (χ2n) is 4.72. The van der Waals surface area contributed by atoms with Crippen LogP contribution in [0.5, 0.6) is 0 Å². The van der Waals surface area contributed by atoms with Gasteiger partial charge in [0.05, 0.1) is 0 Å². The van der Waals surface area contributed by atoms with E-state index in [0.29, 0.717) is 23.1 Å². The third-order valence-corrected chi connectivity index (χ3v) is 4.27. The van der Waals surface area contributed by atoms with Crippen molar-refractivity contribution in [1.29, 1.82) is 0 Å². The normalized spacial score (nSPS) is 18.4. The van der Waals surface area contributed by atoms with Crippen LogP contribution in [0.25, 0.3) is 0 Å². The summed E-state index contributed by atoms with van der Waals surface area (Å²) in [7, 11) is 3.86.